The first-order valence-electron chi connectivity index (χ1n) is 6.41. The summed E-state index contributed by atoms with van der Waals surface area (Å²) >= 11 is 0. The molecule has 1 aliphatic heterocycles. The number of nitrogens with zero attached hydrogens (tertiary/aromatic N) is 3. The highest BCUT2D eigenvalue weighted by molar-refractivity contribution is 5.95. The van der Waals surface area contributed by atoms with E-state index in [9.17, 15) is 4.79 Å². The van der Waals surface area contributed by atoms with E-state index in [1.807, 2.05) is 11.8 Å². The second-order valence-corrected chi connectivity index (χ2v) is 5.04. The zero-order chi connectivity index (χ0) is 13.1. The fourth-order valence-electron chi connectivity index (χ4n) is 2.50. The highest BCUT2D eigenvalue weighted by Crippen LogP contribution is 2.23. The van der Waals surface area contributed by atoms with Gasteiger partial charge < -0.3 is 10.6 Å². The first kappa shape index (κ1) is 13.0. The van der Waals surface area contributed by atoms with E-state index in [2.05, 4.69) is 16.9 Å². The van der Waals surface area contributed by atoms with Gasteiger partial charge in [-0.1, -0.05) is 6.92 Å². The smallest absolute Gasteiger partial charge is 0.257 e. The van der Waals surface area contributed by atoms with Gasteiger partial charge in [0.2, 0.25) is 0 Å². The van der Waals surface area contributed by atoms with Crippen LogP contribution in [0.25, 0.3) is 0 Å². The average molecular weight is 248 g/mol. The third-order valence-corrected chi connectivity index (χ3v) is 3.65. The Morgan fingerprint density at radius 2 is 2.39 bits per heavy atom. The highest BCUT2D eigenvalue weighted by Gasteiger charge is 2.30. The van der Waals surface area contributed by atoms with Crippen molar-refractivity contribution >= 4 is 5.91 Å². The second-order valence-electron chi connectivity index (χ2n) is 5.04. The predicted octanol–water partition coefficient (Wildman–Crippen LogP) is 0.984. The standard InChI is InChI=1S/C13H20N4O/c1-9-3-4-17(11(5-9)6-14)13(18)12-7-15-8-16-10(12)2/h7-9,11H,3-6,14H2,1-2H3. The Bertz CT molecular complexity index is 435. The first-order valence-corrected chi connectivity index (χ1v) is 6.41. The van der Waals surface area contributed by atoms with Crippen LogP contribution in [0, 0.1) is 12.8 Å². The van der Waals surface area contributed by atoms with Gasteiger partial charge in [-0.25, -0.2) is 9.97 Å². The van der Waals surface area contributed by atoms with Gasteiger partial charge in [-0.3, -0.25) is 4.79 Å². The predicted molar refractivity (Wildman–Crippen MR) is 69.0 cm³/mol. The van der Waals surface area contributed by atoms with Crippen molar-refractivity contribution in [3.63, 3.8) is 0 Å². The van der Waals surface area contributed by atoms with Crippen LogP contribution in [-0.2, 0) is 0 Å². The molecule has 1 saturated heterocycles. The molecular weight excluding hydrogens is 228 g/mol. The van der Waals surface area contributed by atoms with E-state index in [0.717, 1.165) is 25.1 Å². The second kappa shape index (κ2) is 5.44. The third kappa shape index (κ3) is 2.51. The zero-order valence-electron chi connectivity index (χ0n) is 11.0. The molecule has 1 fully saturated rings. The van der Waals surface area contributed by atoms with Crippen molar-refractivity contribution in [3.05, 3.63) is 23.8 Å². The average Bonchev–Trinajstić information content (AvgIpc) is 2.38. The largest absolute Gasteiger partial charge is 0.334 e. The Kier molecular flexibility index (Phi) is 3.91. The molecule has 0 saturated carbocycles. The molecule has 1 aliphatic rings. The quantitative estimate of drug-likeness (QED) is 0.847. The summed E-state index contributed by atoms with van der Waals surface area (Å²) in [4.78, 5) is 22.4. The summed E-state index contributed by atoms with van der Waals surface area (Å²) in [5.41, 5.74) is 7.10. The topological polar surface area (TPSA) is 72.1 Å². The molecule has 2 unspecified atom stereocenters. The molecule has 98 valence electrons. The first-order chi connectivity index (χ1) is 8.63. The minimum atomic E-state index is 0.00968. The van der Waals surface area contributed by atoms with Crippen molar-refractivity contribution < 1.29 is 4.79 Å². The van der Waals surface area contributed by atoms with Gasteiger partial charge in [0.15, 0.2) is 0 Å². The number of carbonyl (C=O) groups is 1. The number of aryl methyl sites for hydroxylation is 1. The molecule has 2 rings (SSSR count). The van der Waals surface area contributed by atoms with Crippen molar-refractivity contribution in [3.8, 4) is 0 Å². The summed E-state index contributed by atoms with van der Waals surface area (Å²) in [6.45, 7) is 5.33. The minimum absolute atomic E-state index is 0.00968. The van der Waals surface area contributed by atoms with Crippen LogP contribution in [0.5, 0.6) is 0 Å². The third-order valence-electron chi connectivity index (χ3n) is 3.65. The van der Waals surface area contributed by atoms with E-state index in [1.54, 1.807) is 6.20 Å². The molecule has 18 heavy (non-hydrogen) atoms. The lowest BCUT2D eigenvalue weighted by Crippen LogP contribution is -2.49. The molecule has 0 radical (unpaired) electrons. The summed E-state index contributed by atoms with van der Waals surface area (Å²) in [6, 6.07) is 0.140. The Labute approximate surface area is 107 Å². The lowest BCUT2D eigenvalue weighted by atomic mass is 9.92. The highest BCUT2D eigenvalue weighted by atomic mass is 16.2. The lowest BCUT2D eigenvalue weighted by molar-refractivity contribution is 0.0572. The Hall–Kier alpha value is -1.49. The maximum atomic E-state index is 12.5. The normalized spacial score (nSPS) is 24.1. The maximum Gasteiger partial charge on any atom is 0.257 e. The Morgan fingerprint density at radius 1 is 1.61 bits per heavy atom. The number of piperidine rings is 1. The molecule has 2 atom stereocenters. The number of carbonyl (C=O) groups excluding carboxylic acids is 1. The van der Waals surface area contributed by atoms with Gasteiger partial charge >= 0.3 is 0 Å². The van der Waals surface area contributed by atoms with Crippen LogP contribution in [0.4, 0.5) is 0 Å². The maximum absolute atomic E-state index is 12.5. The molecule has 5 nitrogen and oxygen atoms in total. The molecule has 1 amide bonds. The van der Waals surface area contributed by atoms with Crippen molar-refractivity contribution in [1.82, 2.24) is 14.9 Å². The van der Waals surface area contributed by atoms with E-state index >= 15 is 0 Å². The summed E-state index contributed by atoms with van der Waals surface area (Å²) in [7, 11) is 0. The fraction of sp³-hybridized carbons (Fsp3) is 0.615. The van der Waals surface area contributed by atoms with Crippen molar-refractivity contribution in [2.45, 2.75) is 32.7 Å². The molecule has 0 spiro atoms. The number of rotatable bonds is 2. The van der Waals surface area contributed by atoms with Crippen molar-refractivity contribution in [2.24, 2.45) is 11.7 Å². The van der Waals surface area contributed by atoms with Gasteiger partial charge in [0.1, 0.15) is 6.33 Å². The van der Waals surface area contributed by atoms with Crippen LogP contribution in [0.1, 0.15) is 35.8 Å². The molecule has 0 aromatic carbocycles. The van der Waals surface area contributed by atoms with Gasteiger partial charge in [-0.2, -0.15) is 0 Å². The molecule has 1 aromatic heterocycles. The Balaban J connectivity index is 2.20. The van der Waals surface area contributed by atoms with Crippen LogP contribution < -0.4 is 5.73 Å². The van der Waals surface area contributed by atoms with Crippen LogP contribution in [0.3, 0.4) is 0 Å². The van der Waals surface area contributed by atoms with Gasteiger partial charge in [-0.05, 0) is 25.7 Å². The van der Waals surface area contributed by atoms with Crippen LogP contribution in [0.15, 0.2) is 12.5 Å². The number of hydrogen-bond donors (Lipinski definition) is 1. The van der Waals surface area contributed by atoms with Gasteiger partial charge in [0.25, 0.3) is 5.91 Å². The van der Waals surface area contributed by atoms with Crippen LogP contribution >= 0.6 is 0 Å². The SMILES string of the molecule is Cc1ncncc1C(=O)N1CCC(C)CC1CN. The fourth-order valence-corrected chi connectivity index (χ4v) is 2.50. The number of likely N-dealkylation sites (tertiary alicyclic amines) is 1. The van der Waals surface area contributed by atoms with E-state index in [4.69, 9.17) is 5.73 Å². The van der Waals surface area contributed by atoms with E-state index in [1.165, 1.54) is 6.33 Å². The van der Waals surface area contributed by atoms with Crippen LogP contribution in [0.2, 0.25) is 0 Å². The van der Waals surface area contributed by atoms with Crippen molar-refractivity contribution in [2.75, 3.05) is 13.1 Å². The van der Waals surface area contributed by atoms with Crippen LogP contribution in [-0.4, -0.2) is 39.9 Å². The summed E-state index contributed by atoms with van der Waals surface area (Å²) in [6.07, 6.45) is 5.07. The van der Waals surface area contributed by atoms with E-state index < -0.39 is 0 Å². The minimum Gasteiger partial charge on any atom is -0.334 e. The zero-order valence-corrected chi connectivity index (χ0v) is 11.0. The van der Waals surface area contributed by atoms with E-state index in [0.29, 0.717) is 18.0 Å². The van der Waals surface area contributed by atoms with Gasteiger partial charge in [-0.15, -0.1) is 0 Å². The van der Waals surface area contributed by atoms with Gasteiger partial charge in [0, 0.05) is 25.3 Å². The van der Waals surface area contributed by atoms with Gasteiger partial charge in [0.05, 0.1) is 11.3 Å². The lowest BCUT2D eigenvalue weighted by Gasteiger charge is -2.38. The summed E-state index contributed by atoms with van der Waals surface area (Å²) in [5, 5.41) is 0. The molecule has 5 heteroatoms. The summed E-state index contributed by atoms with van der Waals surface area (Å²) < 4.78 is 0. The molecule has 1 aromatic rings. The molecule has 2 heterocycles. The molecule has 0 aliphatic carbocycles. The monoisotopic (exact) mass is 248 g/mol. The van der Waals surface area contributed by atoms with E-state index in [-0.39, 0.29) is 11.9 Å². The van der Waals surface area contributed by atoms with Crippen molar-refractivity contribution in [1.29, 1.82) is 0 Å². The number of hydrogen-bond acceptors (Lipinski definition) is 4. The summed E-state index contributed by atoms with van der Waals surface area (Å²) in [5.74, 6) is 0.645. The Morgan fingerprint density at radius 3 is 3.06 bits per heavy atom. The number of aromatic nitrogens is 2. The molecule has 2 N–H and O–H groups in total. The molecule has 0 bridgehead atoms. The number of nitrogens with two attached hydrogens (primary N) is 1. The number of amides is 1. The molecular formula is C13H20N4O.